The molecule has 0 saturated heterocycles. The van der Waals surface area contributed by atoms with E-state index in [1.165, 1.54) is 0 Å². The third-order valence-corrected chi connectivity index (χ3v) is 4.69. The van der Waals surface area contributed by atoms with E-state index >= 15 is 0 Å². The highest BCUT2D eigenvalue weighted by Gasteiger charge is 2.30. The van der Waals surface area contributed by atoms with E-state index in [4.69, 9.17) is 4.74 Å². The van der Waals surface area contributed by atoms with Crippen LogP contribution >= 0.6 is 0 Å². The molecule has 3 aromatic rings. The van der Waals surface area contributed by atoms with E-state index in [2.05, 4.69) is 20.3 Å². The summed E-state index contributed by atoms with van der Waals surface area (Å²) < 4.78 is 8.60. The van der Waals surface area contributed by atoms with Crippen LogP contribution in [0.15, 0.2) is 27.9 Å². The van der Waals surface area contributed by atoms with Crippen molar-refractivity contribution < 1.29 is 4.74 Å². The molecule has 0 unspecified atom stereocenters. The molecule has 0 aliphatic heterocycles. The number of anilines is 1. The number of H-pyrrole nitrogens is 1. The second-order valence-electron chi connectivity index (χ2n) is 6.56. The number of ether oxygens (including phenoxy) is 1. The van der Waals surface area contributed by atoms with Gasteiger partial charge in [-0.2, -0.15) is 0 Å². The Kier molecular flexibility index (Phi) is 4.53. The fourth-order valence-electron chi connectivity index (χ4n) is 3.26. The van der Waals surface area contributed by atoms with Crippen LogP contribution in [0.1, 0.15) is 25.8 Å². The van der Waals surface area contributed by atoms with Gasteiger partial charge in [-0.05, 0) is 31.9 Å². The van der Waals surface area contributed by atoms with Gasteiger partial charge >= 0.3 is 5.69 Å². The van der Waals surface area contributed by atoms with Crippen molar-refractivity contribution in [3.8, 4) is 11.4 Å². The van der Waals surface area contributed by atoms with Gasteiger partial charge in [0.2, 0.25) is 0 Å². The Balaban J connectivity index is 1.80. The summed E-state index contributed by atoms with van der Waals surface area (Å²) in [5, 5.41) is 3.16. The maximum absolute atomic E-state index is 12.4. The van der Waals surface area contributed by atoms with Crippen molar-refractivity contribution in [3.05, 3.63) is 39.2 Å². The van der Waals surface area contributed by atoms with Crippen LogP contribution in [-0.4, -0.2) is 44.3 Å². The van der Waals surface area contributed by atoms with Gasteiger partial charge in [0.1, 0.15) is 11.6 Å². The molecule has 4 rings (SSSR count). The smallest absolute Gasteiger partial charge is 0.330 e. The van der Waals surface area contributed by atoms with Crippen molar-refractivity contribution in [1.82, 2.24) is 24.1 Å². The first-order valence-corrected chi connectivity index (χ1v) is 9.08. The van der Waals surface area contributed by atoms with E-state index in [0.29, 0.717) is 36.7 Å². The molecule has 1 aliphatic carbocycles. The molecule has 0 bridgehead atoms. The summed E-state index contributed by atoms with van der Waals surface area (Å²) in [6.07, 6.45) is 3.60. The topological polar surface area (TPSA) is 107 Å². The van der Waals surface area contributed by atoms with Crippen molar-refractivity contribution >= 4 is 17.0 Å². The fraction of sp³-hybridized carbons (Fsp3) is 0.444. The van der Waals surface area contributed by atoms with Crippen molar-refractivity contribution in [3.63, 3.8) is 0 Å². The molecule has 3 heterocycles. The van der Waals surface area contributed by atoms with E-state index in [1.54, 1.807) is 17.9 Å². The molecule has 2 N–H and O–H groups in total. The lowest BCUT2D eigenvalue weighted by atomic mass is 10.2. The van der Waals surface area contributed by atoms with Crippen LogP contribution in [-0.2, 0) is 11.3 Å². The van der Waals surface area contributed by atoms with Crippen molar-refractivity contribution in [2.24, 2.45) is 0 Å². The van der Waals surface area contributed by atoms with E-state index in [-0.39, 0.29) is 11.7 Å². The van der Waals surface area contributed by atoms with Gasteiger partial charge in [-0.1, -0.05) is 0 Å². The number of methoxy groups -OCH3 is 1. The van der Waals surface area contributed by atoms with Gasteiger partial charge < -0.3 is 14.6 Å². The number of aryl methyl sites for hydroxylation is 1. The van der Waals surface area contributed by atoms with Gasteiger partial charge in [0.25, 0.3) is 5.56 Å². The molecular weight excluding hydrogens is 348 g/mol. The first kappa shape index (κ1) is 17.5. The molecule has 0 spiro atoms. The molecule has 9 heteroatoms. The Morgan fingerprint density at radius 3 is 2.78 bits per heavy atom. The quantitative estimate of drug-likeness (QED) is 0.608. The standard InChI is InChI=1S/C18H22N6O3/c1-3-23-15(11-4-7-13(20-10-11)19-8-9-27-2)21-14-16(25)22-18(26)24(17(14)23)12-5-6-12/h4,7,10,12H,3,5-6,8-9H2,1-2H3,(H,19,20)(H,22,25,26). The maximum atomic E-state index is 12.4. The molecule has 0 radical (unpaired) electrons. The minimum absolute atomic E-state index is 0.136. The summed E-state index contributed by atoms with van der Waals surface area (Å²) in [5.41, 5.74) is 0.851. The molecule has 0 atom stereocenters. The summed E-state index contributed by atoms with van der Waals surface area (Å²) in [6.45, 7) is 3.83. The number of aromatic nitrogens is 5. The molecule has 27 heavy (non-hydrogen) atoms. The third kappa shape index (κ3) is 3.14. The minimum Gasteiger partial charge on any atom is -0.383 e. The number of rotatable bonds is 7. The summed E-state index contributed by atoms with van der Waals surface area (Å²) in [7, 11) is 1.65. The Morgan fingerprint density at radius 2 is 2.15 bits per heavy atom. The lowest BCUT2D eigenvalue weighted by Crippen LogP contribution is -2.30. The predicted molar refractivity (Wildman–Crippen MR) is 102 cm³/mol. The summed E-state index contributed by atoms with van der Waals surface area (Å²) in [5.74, 6) is 1.37. The van der Waals surface area contributed by atoms with Gasteiger partial charge in [-0.3, -0.25) is 14.3 Å². The molecule has 142 valence electrons. The highest BCUT2D eigenvalue weighted by atomic mass is 16.5. The second kappa shape index (κ2) is 6.99. The van der Waals surface area contributed by atoms with Crippen molar-refractivity contribution in [1.29, 1.82) is 0 Å². The summed E-state index contributed by atoms with van der Waals surface area (Å²) >= 11 is 0. The van der Waals surface area contributed by atoms with Gasteiger partial charge in [-0.25, -0.2) is 14.8 Å². The lowest BCUT2D eigenvalue weighted by molar-refractivity contribution is 0.210. The molecule has 0 amide bonds. The Morgan fingerprint density at radius 1 is 1.33 bits per heavy atom. The number of nitrogens with one attached hydrogen (secondary N) is 2. The zero-order valence-electron chi connectivity index (χ0n) is 15.4. The molecule has 1 saturated carbocycles. The molecular formula is C18H22N6O3. The molecule has 1 fully saturated rings. The van der Waals surface area contributed by atoms with E-state index in [1.807, 2.05) is 23.6 Å². The van der Waals surface area contributed by atoms with Crippen molar-refractivity contribution in [2.75, 3.05) is 25.6 Å². The number of nitrogens with zero attached hydrogens (tertiary/aromatic N) is 4. The highest BCUT2D eigenvalue weighted by molar-refractivity contribution is 5.77. The Labute approximate surface area is 155 Å². The average molecular weight is 370 g/mol. The van der Waals surface area contributed by atoms with Gasteiger partial charge in [0.05, 0.1) is 6.61 Å². The van der Waals surface area contributed by atoms with Crippen molar-refractivity contribution in [2.45, 2.75) is 32.4 Å². The summed E-state index contributed by atoms with van der Waals surface area (Å²) in [4.78, 5) is 36.0. The zero-order valence-corrected chi connectivity index (χ0v) is 15.4. The average Bonchev–Trinajstić information content (AvgIpc) is 3.42. The first-order chi connectivity index (χ1) is 13.1. The van der Waals surface area contributed by atoms with Gasteiger partial charge in [0.15, 0.2) is 11.2 Å². The number of aromatic amines is 1. The minimum atomic E-state index is -0.453. The van der Waals surface area contributed by atoms with Crippen LogP contribution in [0.25, 0.3) is 22.6 Å². The van der Waals surface area contributed by atoms with Crippen LogP contribution < -0.4 is 16.6 Å². The number of hydrogen-bond donors (Lipinski definition) is 2. The third-order valence-electron chi connectivity index (χ3n) is 4.69. The van der Waals surface area contributed by atoms with Crippen LogP contribution in [0.2, 0.25) is 0 Å². The van der Waals surface area contributed by atoms with Crippen LogP contribution in [0.5, 0.6) is 0 Å². The fourth-order valence-corrected chi connectivity index (χ4v) is 3.26. The number of imidazole rings is 1. The molecule has 3 aromatic heterocycles. The zero-order chi connectivity index (χ0) is 19.0. The van der Waals surface area contributed by atoms with Crippen LogP contribution in [0.4, 0.5) is 5.82 Å². The Bertz CT molecular complexity index is 1080. The van der Waals surface area contributed by atoms with E-state index in [9.17, 15) is 9.59 Å². The van der Waals surface area contributed by atoms with Gasteiger partial charge in [0, 0.05) is 38.0 Å². The van der Waals surface area contributed by atoms with Crippen LogP contribution in [0, 0.1) is 0 Å². The normalized spacial score (nSPS) is 14.0. The lowest BCUT2D eigenvalue weighted by Gasteiger charge is -2.11. The highest BCUT2D eigenvalue weighted by Crippen LogP contribution is 2.36. The molecule has 9 nitrogen and oxygen atoms in total. The first-order valence-electron chi connectivity index (χ1n) is 9.08. The van der Waals surface area contributed by atoms with Gasteiger partial charge in [-0.15, -0.1) is 0 Å². The van der Waals surface area contributed by atoms with E-state index in [0.717, 1.165) is 24.2 Å². The van der Waals surface area contributed by atoms with Crippen LogP contribution in [0.3, 0.4) is 0 Å². The number of pyridine rings is 1. The molecule has 0 aromatic carbocycles. The largest absolute Gasteiger partial charge is 0.383 e. The maximum Gasteiger partial charge on any atom is 0.330 e. The monoisotopic (exact) mass is 370 g/mol. The summed E-state index contributed by atoms with van der Waals surface area (Å²) in [6, 6.07) is 3.91. The predicted octanol–water partition coefficient (Wildman–Crippen LogP) is 1.36. The van der Waals surface area contributed by atoms with E-state index < -0.39 is 5.56 Å². The SMILES string of the molecule is CCn1c(-c2ccc(NCCOC)nc2)nc2c(=O)[nH]c(=O)n(C3CC3)c21. The number of fused-ring (bicyclic) bond motifs is 1. The Hall–Kier alpha value is -2.94. The molecule has 1 aliphatic rings. The number of hydrogen-bond acceptors (Lipinski definition) is 6. The second-order valence-corrected chi connectivity index (χ2v) is 6.56.